The fourth-order valence-electron chi connectivity index (χ4n) is 3.30. The lowest BCUT2D eigenvalue weighted by molar-refractivity contribution is 0.530. The van der Waals surface area contributed by atoms with Gasteiger partial charge in [0, 0.05) is 0 Å². The van der Waals surface area contributed by atoms with Crippen LogP contribution in [0.25, 0.3) is 11.0 Å². The first-order valence-corrected chi connectivity index (χ1v) is 11.0. The average molecular weight is 318 g/mol. The Morgan fingerprint density at radius 2 is 1.19 bits per heavy atom. The number of fused-ring (bicyclic) bond motifs is 2. The molecule has 2 nitrogen and oxygen atoms in total. The van der Waals surface area contributed by atoms with E-state index < -0.39 is 0 Å². The van der Waals surface area contributed by atoms with E-state index >= 15 is 0 Å². The second-order valence-corrected chi connectivity index (χ2v) is 12.8. The molecule has 0 spiro atoms. The van der Waals surface area contributed by atoms with Crippen LogP contribution in [0, 0.1) is 0 Å². The minimum atomic E-state index is -0.293. The third-order valence-electron chi connectivity index (χ3n) is 4.85. The SMILES string of the molecule is C[P@@]1c2nc3ccccc3nc2[P@](C)C(C)(C)CC1(C)C. The van der Waals surface area contributed by atoms with Crippen LogP contribution >= 0.6 is 15.8 Å². The zero-order valence-corrected chi connectivity index (χ0v) is 15.6. The molecule has 0 fully saturated rings. The Bertz CT molecular complexity index is 636. The number of benzene rings is 1. The highest BCUT2D eigenvalue weighted by atomic mass is 31.1. The topological polar surface area (TPSA) is 25.8 Å². The lowest BCUT2D eigenvalue weighted by Crippen LogP contribution is -2.31. The van der Waals surface area contributed by atoms with E-state index in [1.54, 1.807) is 0 Å². The number of rotatable bonds is 0. The summed E-state index contributed by atoms with van der Waals surface area (Å²) in [6.45, 7) is 14.4. The molecule has 1 aliphatic heterocycles. The predicted octanol–water partition coefficient (Wildman–Crippen LogP) is 4.06. The summed E-state index contributed by atoms with van der Waals surface area (Å²) in [6, 6.07) is 8.29. The van der Waals surface area contributed by atoms with Crippen LogP contribution in [0.3, 0.4) is 0 Å². The van der Waals surface area contributed by atoms with Gasteiger partial charge in [-0.15, -0.1) is 0 Å². The molecule has 4 heteroatoms. The molecule has 1 aliphatic rings. The molecule has 2 atom stereocenters. The zero-order valence-electron chi connectivity index (χ0n) is 13.8. The number of aromatic nitrogens is 2. The van der Waals surface area contributed by atoms with Crippen molar-refractivity contribution in [1.29, 1.82) is 0 Å². The van der Waals surface area contributed by atoms with Crippen molar-refractivity contribution in [3.8, 4) is 0 Å². The normalized spacial score (nSPS) is 27.1. The Labute approximate surface area is 130 Å². The Kier molecular flexibility index (Phi) is 3.62. The molecule has 21 heavy (non-hydrogen) atoms. The van der Waals surface area contributed by atoms with Crippen LogP contribution in [-0.2, 0) is 0 Å². The molecule has 0 saturated heterocycles. The highest BCUT2D eigenvalue weighted by molar-refractivity contribution is 7.73. The third-order valence-corrected chi connectivity index (χ3v) is 10.9. The third kappa shape index (κ3) is 2.51. The van der Waals surface area contributed by atoms with E-state index in [0.29, 0.717) is 10.3 Å². The second-order valence-electron chi connectivity index (χ2n) is 7.28. The van der Waals surface area contributed by atoms with Crippen molar-refractivity contribution in [2.45, 2.75) is 44.4 Å². The van der Waals surface area contributed by atoms with Crippen molar-refractivity contribution in [3.63, 3.8) is 0 Å². The monoisotopic (exact) mass is 318 g/mol. The number of hydrogen-bond donors (Lipinski definition) is 0. The summed E-state index contributed by atoms with van der Waals surface area (Å²) in [6.07, 6.45) is 1.25. The van der Waals surface area contributed by atoms with E-state index in [9.17, 15) is 0 Å². The molecule has 0 aliphatic carbocycles. The van der Waals surface area contributed by atoms with Crippen molar-refractivity contribution < 1.29 is 0 Å². The molecule has 0 unspecified atom stereocenters. The highest BCUT2D eigenvalue weighted by Crippen LogP contribution is 2.59. The van der Waals surface area contributed by atoms with E-state index in [-0.39, 0.29) is 15.8 Å². The maximum Gasteiger partial charge on any atom is 0.0899 e. The fraction of sp³-hybridized carbons (Fsp3) is 0.529. The van der Waals surface area contributed by atoms with Gasteiger partial charge in [0.1, 0.15) is 0 Å². The Morgan fingerprint density at radius 1 is 0.810 bits per heavy atom. The Balaban J connectivity index is 2.31. The maximum absolute atomic E-state index is 5.05. The Morgan fingerprint density at radius 3 is 1.57 bits per heavy atom. The summed E-state index contributed by atoms with van der Waals surface area (Å²) < 4.78 is 0. The van der Waals surface area contributed by atoms with Crippen molar-refractivity contribution >= 4 is 37.7 Å². The largest absolute Gasteiger partial charge is 0.244 e. The lowest BCUT2D eigenvalue weighted by atomic mass is 9.99. The molecule has 1 aromatic carbocycles. The maximum atomic E-state index is 5.05. The van der Waals surface area contributed by atoms with Crippen LogP contribution in [0.4, 0.5) is 0 Å². The number of para-hydroxylation sites is 2. The molecular formula is C17H24N2P2. The first-order valence-electron chi connectivity index (χ1n) is 7.47. The molecule has 2 heterocycles. The minimum Gasteiger partial charge on any atom is -0.244 e. The molecule has 0 N–H and O–H groups in total. The summed E-state index contributed by atoms with van der Waals surface area (Å²) >= 11 is 0. The second kappa shape index (κ2) is 4.97. The summed E-state index contributed by atoms with van der Waals surface area (Å²) in [7, 11) is -0.586. The van der Waals surface area contributed by atoms with Gasteiger partial charge in [-0.1, -0.05) is 39.8 Å². The molecule has 0 amide bonds. The molecule has 112 valence electrons. The van der Waals surface area contributed by atoms with Crippen LogP contribution in [-0.4, -0.2) is 33.6 Å². The first-order chi connectivity index (χ1) is 9.72. The van der Waals surface area contributed by atoms with Crippen molar-refractivity contribution in [2.24, 2.45) is 0 Å². The van der Waals surface area contributed by atoms with Gasteiger partial charge in [0.15, 0.2) is 0 Å². The van der Waals surface area contributed by atoms with Crippen molar-refractivity contribution in [3.05, 3.63) is 24.3 Å². The molecule has 0 bridgehead atoms. The van der Waals surface area contributed by atoms with Gasteiger partial charge in [0.05, 0.1) is 21.9 Å². The standard InChI is InChI=1S/C17H24N2P2/c1-16(2)11-17(3,4)21(6)15-14(20(16)5)18-12-9-7-8-10-13(12)19-15/h7-10H,11H2,1-6H3/t20-,21-/m0/s1. The molecular weight excluding hydrogens is 294 g/mol. The zero-order chi connectivity index (χ0) is 15.4. The van der Waals surface area contributed by atoms with Crippen LogP contribution in [0.15, 0.2) is 24.3 Å². The van der Waals surface area contributed by atoms with Gasteiger partial charge in [-0.3, -0.25) is 0 Å². The summed E-state index contributed by atoms with van der Waals surface area (Å²) in [4.78, 5) is 10.1. The Hall–Kier alpha value is -0.580. The van der Waals surface area contributed by atoms with Crippen molar-refractivity contribution in [1.82, 2.24) is 9.97 Å². The van der Waals surface area contributed by atoms with E-state index in [1.807, 2.05) is 0 Å². The predicted molar refractivity (Wildman–Crippen MR) is 97.3 cm³/mol. The number of hydrogen-bond acceptors (Lipinski definition) is 2. The molecule has 1 aromatic heterocycles. The highest BCUT2D eigenvalue weighted by Gasteiger charge is 2.43. The number of nitrogens with zero attached hydrogens (tertiary/aromatic N) is 2. The fourth-order valence-corrected chi connectivity index (χ4v) is 7.95. The van der Waals surface area contributed by atoms with Gasteiger partial charge < -0.3 is 0 Å². The van der Waals surface area contributed by atoms with Crippen LogP contribution in [0.2, 0.25) is 0 Å². The smallest absolute Gasteiger partial charge is 0.0899 e. The van der Waals surface area contributed by atoms with E-state index in [1.165, 1.54) is 17.3 Å². The summed E-state index contributed by atoms with van der Waals surface area (Å²) in [5.41, 5.74) is 4.69. The van der Waals surface area contributed by atoms with Gasteiger partial charge in [-0.25, -0.2) is 9.97 Å². The molecule has 3 rings (SSSR count). The first kappa shape index (κ1) is 15.3. The molecule has 0 radical (unpaired) electrons. The molecule has 0 saturated carbocycles. The summed E-state index contributed by atoms with van der Waals surface area (Å²) in [5.74, 6) is 0. The lowest BCUT2D eigenvalue weighted by Gasteiger charge is -2.37. The van der Waals surface area contributed by atoms with Crippen LogP contribution in [0.1, 0.15) is 34.1 Å². The minimum absolute atomic E-state index is 0.293. The average Bonchev–Trinajstić information content (AvgIpc) is 2.46. The van der Waals surface area contributed by atoms with E-state index in [4.69, 9.17) is 9.97 Å². The van der Waals surface area contributed by atoms with Crippen LogP contribution in [0.5, 0.6) is 0 Å². The quantitative estimate of drug-likeness (QED) is 0.685. The van der Waals surface area contributed by atoms with Crippen LogP contribution < -0.4 is 10.9 Å². The van der Waals surface area contributed by atoms with E-state index in [2.05, 4.69) is 65.3 Å². The van der Waals surface area contributed by atoms with Gasteiger partial charge >= 0.3 is 0 Å². The van der Waals surface area contributed by atoms with Gasteiger partial charge in [-0.05, 0) is 58.0 Å². The van der Waals surface area contributed by atoms with Gasteiger partial charge in [0.2, 0.25) is 0 Å². The van der Waals surface area contributed by atoms with Gasteiger partial charge in [0.25, 0.3) is 0 Å². The van der Waals surface area contributed by atoms with Gasteiger partial charge in [-0.2, -0.15) is 0 Å². The molecule has 2 aromatic rings. The van der Waals surface area contributed by atoms with E-state index in [0.717, 1.165) is 11.0 Å². The van der Waals surface area contributed by atoms with Crippen molar-refractivity contribution in [2.75, 3.05) is 13.3 Å². The summed E-state index contributed by atoms with van der Waals surface area (Å²) in [5, 5.41) is 0.635.